The topological polar surface area (TPSA) is 71.1 Å². The Bertz CT molecular complexity index is 973. The molecule has 0 unspecified atom stereocenters. The molecule has 1 aromatic heterocycles. The first-order chi connectivity index (χ1) is 12.9. The normalized spacial score (nSPS) is 11.2. The number of anilines is 1. The van der Waals surface area contributed by atoms with Crippen LogP contribution < -0.4 is 10.6 Å². The number of nitrogens with one attached hydrogen (secondary N) is 2. The van der Waals surface area contributed by atoms with Crippen LogP contribution in [0.1, 0.15) is 25.0 Å². The Kier molecular flexibility index (Phi) is 5.21. The molecule has 0 radical (unpaired) electrons. The molecular formula is C22H23N3O2. The average Bonchev–Trinajstić information content (AvgIpc) is 2.67. The molecule has 0 saturated heterocycles. The number of fused-ring (bicyclic) bond motifs is 1. The second-order valence-electron chi connectivity index (χ2n) is 7.13. The highest BCUT2D eigenvalue weighted by atomic mass is 16.2. The molecule has 0 saturated carbocycles. The zero-order valence-corrected chi connectivity index (χ0v) is 15.7. The number of carbonyl (C=O) groups is 2. The fourth-order valence-electron chi connectivity index (χ4n) is 2.70. The van der Waals surface area contributed by atoms with Gasteiger partial charge in [0, 0.05) is 18.1 Å². The van der Waals surface area contributed by atoms with Crippen molar-refractivity contribution in [1.82, 2.24) is 10.3 Å². The molecule has 3 aromatic rings. The highest BCUT2D eigenvalue weighted by Gasteiger charge is 2.36. The maximum Gasteiger partial charge on any atom is 0.239 e. The number of rotatable bonds is 5. The minimum absolute atomic E-state index is 0.325. The SMILES string of the molecule is Cc1ccc(CNC(=O)C(C)(C)C(=O)Nc2cccc3cccnc23)cc1. The van der Waals surface area contributed by atoms with Gasteiger partial charge in [-0.05, 0) is 38.5 Å². The largest absolute Gasteiger partial charge is 0.351 e. The predicted molar refractivity (Wildman–Crippen MR) is 107 cm³/mol. The van der Waals surface area contributed by atoms with E-state index in [2.05, 4.69) is 15.6 Å². The van der Waals surface area contributed by atoms with Crippen molar-refractivity contribution in [1.29, 1.82) is 0 Å². The van der Waals surface area contributed by atoms with E-state index in [1.165, 1.54) is 0 Å². The molecule has 0 bridgehead atoms. The number of aromatic nitrogens is 1. The van der Waals surface area contributed by atoms with Gasteiger partial charge in [0.25, 0.3) is 0 Å². The van der Waals surface area contributed by atoms with E-state index in [-0.39, 0.29) is 11.8 Å². The van der Waals surface area contributed by atoms with Crippen LogP contribution in [0.3, 0.4) is 0 Å². The van der Waals surface area contributed by atoms with Gasteiger partial charge in [-0.1, -0.05) is 48.0 Å². The maximum atomic E-state index is 12.8. The Labute approximate surface area is 158 Å². The summed E-state index contributed by atoms with van der Waals surface area (Å²) < 4.78 is 0. The molecule has 0 aliphatic carbocycles. The quantitative estimate of drug-likeness (QED) is 0.679. The van der Waals surface area contributed by atoms with Crippen LogP contribution in [0.4, 0.5) is 5.69 Å². The molecule has 0 spiro atoms. The summed E-state index contributed by atoms with van der Waals surface area (Å²) in [5.41, 5.74) is 2.22. The van der Waals surface area contributed by atoms with Crippen molar-refractivity contribution in [2.45, 2.75) is 27.3 Å². The molecule has 0 aliphatic rings. The number of benzene rings is 2. The Morgan fingerprint density at radius 1 is 0.963 bits per heavy atom. The highest BCUT2D eigenvalue weighted by Crippen LogP contribution is 2.24. The van der Waals surface area contributed by atoms with Crippen LogP contribution in [0.25, 0.3) is 10.9 Å². The minimum Gasteiger partial charge on any atom is -0.351 e. The van der Waals surface area contributed by atoms with Crippen molar-refractivity contribution in [2.75, 3.05) is 5.32 Å². The van der Waals surface area contributed by atoms with Crippen molar-refractivity contribution in [3.8, 4) is 0 Å². The van der Waals surface area contributed by atoms with Crippen LogP contribution in [-0.4, -0.2) is 16.8 Å². The third kappa shape index (κ3) is 4.14. The summed E-state index contributed by atoms with van der Waals surface area (Å²) in [6, 6.07) is 17.2. The number of pyridine rings is 1. The molecule has 2 amide bonds. The fourth-order valence-corrected chi connectivity index (χ4v) is 2.70. The van der Waals surface area contributed by atoms with Crippen molar-refractivity contribution in [3.05, 3.63) is 71.9 Å². The number of carbonyl (C=O) groups excluding carboxylic acids is 2. The Balaban J connectivity index is 1.70. The van der Waals surface area contributed by atoms with Gasteiger partial charge in [0.1, 0.15) is 5.41 Å². The second-order valence-corrected chi connectivity index (χ2v) is 7.13. The van der Waals surface area contributed by atoms with Crippen LogP contribution in [0, 0.1) is 12.3 Å². The predicted octanol–water partition coefficient (Wildman–Crippen LogP) is 3.82. The lowest BCUT2D eigenvalue weighted by Crippen LogP contribution is -2.44. The van der Waals surface area contributed by atoms with E-state index >= 15 is 0 Å². The molecule has 2 N–H and O–H groups in total. The molecule has 27 heavy (non-hydrogen) atoms. The summed E-state index contributed by atoms with van der Waals surface area (Å²) in [6.07, 6.45) is 1.68. The van der Waals surface area contributed by atoms with Crippen molar-refractivity contribution in [3.63, 3.8) is 0 Å². The molecule has 0 fully saturated rings. The number of aryl methyl sites for hydroxylation is 1. The molecule has 1 heterocycles. The Morgan fingerprint density at radius 2 is 1.67 bits per heavy atom. The first-order valence-corrected chi connectivity index (χ1v) is 8.87. The maximum absolute atomic E-state index is 12.8. The summed E-state index contributed by atoms with van der Waals surface area (Å²) >= 11 is 0. The summed E-state index contributed by atoms with van der Waals surface area (Å²) in [5, 5.41) is 6.62. The summed E-state index contributed by atoms with van der Waals surface area (Å²) in [6.45, 7) is 5.63. The van der Waals surface area contributed by atoms with Gasteiger partial charge in [0.2, 0.25) is 11.8 Å². The van der Waals surface area contributed by atoms with Crippen LogP contribution in [-0.2, 0) is 16.1 Å². The highest BCUT2D eigenvalue weighted by molar-refractivity contribution is 6.12. The van der Waals surface area contributed by atoms with Crippen LogP contribution in [0.5, 0.6) is 0 Å². The molecule has 5 nitrogen and oxygen atoms in total. The number of hydrogen-bond acceptors (Lipinski definition) is 3. The van der Waals surface area contributed by atoms with Gasteiger partial charge in [-0.25, -0.2) is 0 Å². The van der Waals surface area contributed by atoms with E-state index in [4.69, 9.17) is 0 Å². The molecule has 3 rings (SSSR count). The van der Waals surface area contributed by atoms with Gasteiger partial charge >= 0.3 is 0 Å². The first-order valence-electron chi connectivity index (χ1n) is 8.87. The van der Waals surface area contributed by atoms with Gasteiger partial charge in [-0.15, -0.1) is 0 Å². The average molecular weight is 361 g/mol. The summed E-state index contributed by atoms with van der Waals surface area (Å²) in [4.78, 5) is 29.7. The van der Waals surface area contributed by atoms with Gasteiger partial charge < -0.3 is 10.6 Å². The van der Waals surface area contributed by atoms with E-state index in [0.717, 1.165) is 16.5 Å². The molecule has 0 aliphatic heterocycles. The zero-order valence-electron chi connectivity index (χ0n) is 15.7. The number of para-hydroxylation sites is 1. The lowest BCUT2D eigenvalue weighted by molar-refractivity contribution is -0.138. The lowest BCUT2D eigenvalue weighted by atomic mass is 9.90. The van der Waals surface area contributed by atoms with E-state index in [1.807, 2.05) is 55.5 Å². The van der Waals surface area contributed by atoms with Gasteiger partial charge in [-0.3, -0.25) is 14.6 Å². The second kappa shape index (κ2) is 7.58. The van der Waals surface area contributed by atoms with Crippen LogP contribution >= 0.6 is 0 Å². The van der Waals surface area contributed by atoms with E-state index in [1.54, 1.807) is 26.1 Å². The van der Waals surface area contributed by atoms with Gasteiger partial charge in [0.05, 0.1) is 11.2 Å². The third-order valence-electron chi connectivity index (χ3n) is 4.59. The van der Waals surface area contributed by atoms with E-state index < -0.39 is 5.41 Å². The Morgan fingerprint density at radius 3 is 2.41 bits per heavy atom. The molecule has 0 atom stereocenters. The van der Waals surface area contributed by atoms with Crippen LogP contribution in [0.2, 0.25) is 0 Å². The molecule has 138 valence electrons. The zero-order chi connectivity index (χ0) is 19.4. The monoisotopic (exact) mass is 361 g/mol. The number of amides is 2. The summed E-state index contributed by atoms with van der Waals surface area (Å²) in [7, 11) is 0. The summed E-state index contributed by atoms with van der Waals surface area (Å²) in [5.74, 6) is -0.698. The fraction of sp³-hybridized carbons (Fsp3) is 0.227. The van der Waals surface area contributed by atoms with Gasteiger partial charge in [0.15, 0.2) is 0 Å². The first kappa shape index (κ1) is 18.6. The van der Waals surface area contributed by atoms with E-state index in [0.29, 0.717) is 17.7 Å². The van der Waals surface area contributed by atoms with Crippen molar-refractivity contribution < 1.29 is 9.59 Å². The standard InChI is InChI=1S/C22H23N3O2/c1-15-9-11-16(12-10-15)14-24-20(26)22(2,3)21(27)25-18-8-4-6-17-7-5-13-23-19(17)18/h4-13H,14H2,1-3H3,(H,24,26)(H,25,27). The Hall–Kier alpha value is -3.21. The van der Waals surface area contributed by atoms with Gasteiger partial charge in [-0.2, -0.15) is 0 Å². The number of nitrogens with zero attached hydrogens (tertiary/aromatic N) is 1. The van der Waals surface area contributed by atoms with Crippen molar-refractivity contribution in [2.24, 2.45) is 5.41 Å². The lowest BCUT2D eigenvalue weighted by Gasteiger charge is -2.23. The van der Waals surface area contributed by atoms with Crippen molar-refractivity contribution >= 4 is 28.4 Å². The third-order valence-corrected chi connectivity index (χ3v) is 4.59. The minimum atomic E-state index is -1.22. The van der Waals surface area contributed by atoms with E-state index in [9.17, 15) is 9.59 Å². The van der Waals surface area contributed by atoms with Crippen LogP contribution in [0.15, 0.2) is 60.8 Å². The number of hydrogen-bond donors (Lipinski definition) is 2. The molecule has 5 heteroatoms. The smallest absolute Gasteiger partial charge is 0.239 e. The molecule has 2 aromatic carbocycles. The molecular weight excluding hydrogens is 338 g/mol.